The second kappa shape index (κ2) is 11.1. The standard InChI is InChI=1S/3C3H7.ClH.Sn/c3*1-3-2;;/h3*1,3H2,2H3;1H;/q;;;;+1/p-1. The molecule has 0 bridgehead atoms. The van der Waals surface area contributed by atoms with E-state index in [2.05, 4.69) is 20.8 Å². The Morgan fingerprint density at radius 3 is 1.18 bits per heavy atom. The molecule has 0 rings (SSSR count). The molecule has 0 aliphatic rings. The van der Waals surface area contributed by atoms with Gasteiger partial charge in [0.15, 0.2) is 0 Å². The van der Waals surface area contributed by atoms with Gasteiger partial charge in [-0.3, -0.25) is 0 Å². The summed E-state index contributed by atoms with van der Waals surface area (Å²) in [5.74, 6) is 0. The monoisotopic (exact) mass is 284 g/mol. The molecule has 0 radical (unpaired) electrons. The van der Waals surface area contributed by atoms with Crippen molar-refractivity contribution < 1.29 is 12.4 Å². The predicted molar refractivity (Wildman–Crippen MR) is 51.0 cm³/mol. The van der Waals surface area contributed by atoms with Gasteiger partial charge in [-0.25, -0.2) is 0 Å². The van der Waals surface area contributed by atoms with Crippen molar-refractivity contribution in [2.45, 2.75) is 53.3 Å². The molecule has 0 aromatic heterocycles. The summed E-state index contributed by atoms with van der Waals surface area (Å²) in [4.78, 5) is 0. The van der Waals surface area contributed by atoms with Gasteiger partial charge in [0.2, 0.25) is 0 Å². The van der Waals surface area contributed by atoms with E-state index in [-0.39, 0.29) is 12.4 Å². The van der Waals surface area contributed by atoms with Crippen LogP contribution in [0.4, 0.5) is 0 Å². The summed E-state index contributed by atoms with van der Waals surface area (Å²) in [5.41, 5.74) is 0. The van der Waals surface area contributed by atoms with Crippen LogP contribution in [0.25, 0.3) is 0 Å². The Bertz CT molecular complexity index is 52.3. The molecule has 2 heteroatoms. The summed E-state index contributed by atoms with van der Waals surface area (Å²) < 4.78 is 4.93. The Morgan fingerprint density at radius 2 is 1.00 bits per heavy atom. The number of halogens is 1. The van der Waals surface area contributed by atoms with Crippen molar-refractivity contribution >= 4 is 19.8 Å². The summed E-state index contributed by atoms with van der Waals surface area (Å²) in [6.07, 6.45) is 4.36. The summed E-state index contributed by atoms with van der Waals surface area (Å²) in [5, 5.41) is 0. The van der Waals surface area contributed by atoms with Crippen LogP contribution >= 0.6 is 0 Å². The first-order chi connectivity index (χ1) is 4.85. The molecule has 0 aromatic carbocycles. The topological polar surface area (TPSA) is 0 Å². The van der Waals surface area contributed by atoms with Gasteiger partial charge >= 0.3 is 73.1 Å². The van der Waals surface area contributed by atoms with E-state index < -0.39 is 19.8 Å². The summed E-state index contributed by atoms with van der Waals surface area (Å²) in [6.45, 7) is 7.02. The number of hydrogen-bond acceptors (Lipinski definition) is 0. The van der Waals surface area contributed by atoms with Gasteiger partial charge in [-0.05, 0) is 0 Å². The van der Waals surface area contributed by atoms with Crippen LogP contribution < -0.4 is 12.4 Å². The molecule has 0 aromatic rings. The second-order valence-corrected chi connectivity index (χ2v) is 11.6. The van der Waals surface area contributed by atoms with E-state index in [4.69, 9.17) is 0 Å². The van der Waals surface area contributed by atoms with Crippen LogP contribution in [-0.2, 0) is 0 Å². The van der Waals surface area contributed by atoms with E-state index in [1.807, 2.05) is 0 Å². The second-order valence-electron chi connectivity index (χ2n) is 3.00. The molecule has 0 atom stereocenters. The van der Waals surface area contributed by atoms with Crippen molar-refractivity contribution in [1.82, 2.24) is 0 Å². The Labute approximate surface area is 85.3 Å². The molecule has 0 nitrogen and oxygen atoms in total. The van der Waals surface area contributed by atoms with Crippen molar-refractivity contribution in [1.29, 1.82) is 0 Å². The van der Waals surface area contributed by atoms with Crippen molar-refractivity contribution in [3.63, 3.8) is 0 Å². The van der Waals surface area contributed by atoms with E-state index >= 15 is 0 Å². The minimum atomic E-state index is -0.759. The van der Waals surface area contributed by atoms with Gasteiger partial charge in [-0.1, -0.05) is 0 Å². The molecule has 0 spiro atoms. The maximum absolute atomic E-state index is 2.34. The van der Waals surface area contributed by atoms with Crippen molar-refractivity contribution in [2.75, 3.05) is 0 Å². The Hall–Kier alpha value is 1.09. The quantitative estimate of drug-likeness (QED) is 0.630. The van der Waals surface area contributed by atoms with Crippen molar-refractivity contribution in [3.05, 3.63) is 0 Å². The first-order valence-electron chi connectivity index (χ1n) is 4.68. The first kappa shape index (κ1) is 14.6. The fourth-order valence-electron chi connectivity index (χ4n) is 1.44. The summed E-state index contributed by atoms with van der Waals surface area (Å²) in [7, 11) is 0. The van der Waals surface area contributed by atoms with E-state index in [0.29, 0.717) is 0 Å². The SMILES string of the molecule is CC[CH2][Sn+]([CH2]CC)[CH2]CC.[Cl-]. The van der Waals surface area contributed by atoms with Crippen molar-refractivity contribution in [3.8, 4) is 0 Å². The molecule has 0 aliphatic heterocycles. The van der Waals surface area contributed by atoms with E-state index in [0.717, 1.165) is 0 Å². The zero-order chi connectivity index (χ0) is 7.82. The molecule has 0 amide bonds. The van der Waals surface area contributed by atoms with Crippen LogP contribution in [0.1, 0.15) is 40.0 Å². The summed E-state index contributed by atoms with van der Waals surface area (Å²) in [6, 6.07) is 0. The minimum Gasteiger partial charge on any atom is -1.00 e. The fraction of sp³-hybridized carbons (Fsp3) is 1.00. The average molecular weight is 283 g/mol. The van der Waals surface area contributed by atoms with Gasteiger partial charge in [0.1, 0.15) is 0 Å². The molecular weight excluding hydrogens is 262 g/mol. The van der Waals surface area contributed by atoms with Crippen LogP contribution in [0.5, 0.6) is 0 Å². The van der Waals surface area contributed by atoms with E-state index in [1.54, 1.807) is 13.3 Å². The molecule has 0 saturated carbocycles. The maximum Gasteiger partial charge on any atom is -1.00 e. The molecule has 0 fully saturated rings. The zero-order valence-electron chi connectivity index (χ0n) is 8.12. The van der Waals surface area contributed by atoms with Crippen LogP contribution in [-0.4, -0.2) is 19.8 Å². The fourth-order valence-corrected chi connectivity index (χ4v) is 9.63. The zero-order valence-corrected chi connectivity index (χ0v) is 11.7. The largest absolute Gasteiger partial charge is 1.00 e. The molecule has 0 aliphatic carbocycles. The van der Waals surface area contributed by atoms with Gasteiger partial charge in [-0.15, -0.1) is 0 Å². The third-order valence-corrected chi connectivity index (χ3v) is 12.1. The first-order valence-corrected chi connectivity index (χ1v) is 10.7. The normalized spacial score (nSPS) is 9.00. The van der Waals surface area contributed by atoms with Crippen LogP contribution in [0, 0.1) is 0 Å². The molecule has 0 saturated heterocycles. The van der Waals surface area contributed by atoms with Crippen molar-refractivity contribution in [2.24, 2.45) is 0 Å². The number of hydrogen-bond donors (Lipinski definition) is 0. The molecule has 0 heterocycles. The smallest absolute Gasteiger partial charge is 1.00 e. The van der Waals surface area contributed by atoms with Gasteiger partial charge in [-0.2, -0.15) is 0 Å². The summed E-state index contributed by atoms with van der Waals surface area (Å²) >= 11 is -0.759. The maximum atomic E-state index is 2.34. The third-order valence-electron chi connectivity index (χ3n) is 1.81. The van der Waals surface area contributed by atoms with E-state index in [1.165, 1.54) is 19.3 Å². The predicted octanol–water partition coefficient (Wildman–Crippen LogP) is 0.715. The molecule has 0 unspecified atom stereocenters. The minimum absolute atomic E-state index is 0. The molecule has 0 N–H and O–H groups in total. The Balaban J connectivity index is 0. The van der Waals surface area contributed by atoms with Crippen LogP contribution in [0.2, 0.25) is 13.3 Å². The van der Waals surface area contributed by atoms with Crippen LogP contribution in [0.3, 0.4) is 0 Å². The third kappa shape index (κ3) is 9.00. The molecular formula is C9H21ClSn. The van der Waals surface area contributed by atoms with Gasteiger partial charge in [0.25, 0.3) is 0 Å². The van der Waals surface area contributed by atoms with E-state index in [9.17, 15) is 0 Å². The Kier molecular flexibility index (Phi) is 14.7. The van der Waals surface area contributed by atoms with Gasteiger partial charge in [0.05, 0.1) is 0 Å². The number of rotatable bonds is 6. The van der Waals surface area contributed by atoms with Crippen LogP contribution in [0.15, 0.2) is 0 Å². The van der Waals surface area contributed by atoms with Gasteiger partial charge in [0, 0.05) is 0 Å². The van der Waals surface area contributed by atoms with Gasteiger partial charge < -0.3 is 12.4 Å². The Morgan fingerprint density at radius 1 is 0.727 bits per heavy atom. The molecule has 68 valence electrons. The molecule has 11 heavy (non-hydrogen) atoms. The average Bonchev–Trinajstić information content (AvgIpc) is 1.90.